The van der Waals surface area contributed by atoms with Crippen molar-refractivity contribution >= 4 is 0 Å². The average molecular weight is 252 g/mol. The molecule has 0 aliphatic rings. The molecule has 0 spiro atoms. The van der Waals surface area contributed by atoms with Crippen LogP contribution >= 0.6 is 0 Å². The first-order valence-corrected chi connectivity index (χ1v) is 6.76. The molecule has 102 valence electrons. The Kier molecular flexibility index (Phi) is 6.91. The zero-order valence-corrected chi connectivity index (χ0v) is 11.7. The summed E-state index contributed by atoms with van der Waals surface area (Å²) in [6.45, 7) is 9.80. The Hall–Kier alpha value is -0.930. The molecule has 0 bridgehead atoms. The molecular formula is C15H25FN2. The maximum Gasteiger partial charge on any atom is 0.130 e. The third kappa shape index (κ3) is 5.61. The lowest BCUT2D eigenvalue weighted by atomic mass is 10.1. The van der Waals surface area contributed by atoms with Gasteiger partial charge in [0.15, 0.2) is 0 Å². The fourth-order valence-electron chi connectivity index (χ4n) is 1.80. The summed E-state index contributed by atoms with van der Waals surface area (Å²) in [5.74, 6) is 0.613. The van der Waals surface area contributed by atoms with Crippen LogP contribution in [0.25, 0.3) is 0 Å². The van der Waals surface area contributed by atoms with Gasteiger partial charge in [-0.15, -0.1) is 0 Å². The maximum absolute atomic E-state index is 13.7. The topological polar surface area (TPSA) is 24.1 Å². The highest BCUT2D eigenvalue weighted by molar-refractivity contribution is 5.24. The summed E-state index contributed by atoms with van der Waals surface area (Å²) in [5, 5.41) is 6.67. The molecule has 0 amide bonds. The Labute approximate surface area is 110 Å². The van der Waals surface area contributed by atoms with Crippen molar-refractivity contribution in [2.24, 2.45) is 5.92 Å². The van der Waals surface area contributed by atoms with Crippen LogP contribution < -0.4 is 10.6 Å². The van der Waals surface area contributed by atoms with Crippen LogP contribution in [0.1, 0.15) is 31.4 Å². The van der Waals surface area contributed by atoms with Crippen LogP contribution in [0.4, 0.5) is 4.39 Å². The van der Waals surface area contributed by atoms with E-state index in [0.717, 1.165) is 31.6 Å². The minimum Gasteiger partial charge on any atom is -0.316 e. The Morgan fingerprint density at radius 1 is 1.17 bits per heavy atom. The zero-order chi connectivity index (χ0) is 13.4. The molecule has 2 nitrogen and oxygen atoms in total. The molecule has 2 N–H and O–H groups in total. The first kappa shape index (κ1) is 15.1. The van der Waals surface area contributed by atoms with Crippen molar-refractivity contribution in [2.75, 3.05) is 19.6 Å². The van der Waals surface area contributed by atoms with Crippen LogP contribution in [0.5, 0.6) is 0 Å². The average Bonchev–Trinajstić information content (AvgIpc) is 2.32. The number of hydrogen-bond donors (Lipinski definition) is 2. The molecule has 0 radical (unpaired) electrons. The van der Waals surface area contributed by atoms with E-state index in [4.69, 9.17) is 0 Å². The molecule has 0 heterocycles. The zero-order valence-electron chi connectivity index (χ0n) is 11.7. The fourth-order valence-corrected chi connectivity index (χ4v) is 1.80. The van der Waals surface area contributed by atoms with Gasteiger partial charge in [-0.3, -0.25) is 0 Å². The number of nitrogens with one attached hydrogen (secondary N) is 2. The van der Waals surface area contributed by atoms with Crippen LogP contribution in [-0.2, 0) is 6.54 Å². The SMILES string of the molecule is Cc1cccc(CNCCCNCC(C)C)c1F. The molecule has 1 aromatic rings. The maximum atomic E-state index is 13.7. The van der Waals surface area contributed by atoms with Crippen LogP contribution in [0.3, 0.4) is 0 Å². The highest BCUT2D eigenvalue weighted by atomic mass is 19.1. The molecule has 0 aliphatic heterocycles. The van der Waals surface area contributed by atoms with Crippen molar-refractivity contribution in [1.29, 1.82) is 0 Å². The standard InChI is InChI=1S/C15H25FN2/c1-12(2)10-17-8-5-9-18-11-14-7-4-6-13(3)15(14)16/h4,6-7,12,17-18H,5,8-11H2,1-3H3. The van der Waals surface area contributed by atoms with Gasteiger partial charge in [-0.05, 0) is 44.5 Å². The third-order valence-corrected chi connectivity index (χ3v) is 2.85. The second-order valence-electron chi connectivity index (χ2n) is 5.18. The van der Waals surface area contributed by atoms with E-state index in [-0.39, 0.29) is 5.82 Å². The molecule has 0 unspecified atom stereocenters. The van der Waals surface area contributed by atoms with E-state index >= 15 is 0 Å². The van der Waals surface area contributed by atoms with Gasteiger partial charge >= 0.3 is 0 Å². The molecule has 0 atom stereocenters. The van der Waals surface area contributed by atoms with E-state index in [0.29, 0.717) is 18.0 Å². The van der Waals surface area contributed by atoms with Gasteiger partial charge in [0.05, 0.1) is 0 Å². The smallest absolute Gasteiger partial charge is 0.130 e. The van der Waals surface area contributed by atoms with Gasteiger partial charge in [0, 0.05) is 12.1 Å². The third-order valence-electron chi connectivity index (χ3n) is 2.85. The normalized spacial score (nSPS) is 11.2. The Balaban J connectivity index is 2.13. The lowest BCUT2D eigenvalue weighted by Crippen LogP contribution is -2.24. The first-order valence-electron chi connectivity index (χ1n) is 6.76. The molecule has 3 heteroatoms. The molecule has 0 aromatic heterocycles. The van der Waals surface area contributed by atoms with Gasteiger partial charge in [0.1, 0.15) is 5.82 Å². The van der Waals surface area contributed by atoms with Crippen LogP contribution in [0.15, 0.2) is 18.2 Å². The van der Waals surface area contributed by atoms with Crippen LogP contribution in [-0.4, -0.2) is 19.6 Å². The highest BCUT2D eigenvalue weighted by Crippen LogP contribution is 2.11. The van der Waals surface area contributed by atoms with Crippen molar-refractivity contribution in [3.63, 3.8) is 0 Å². The summed E-state index contributed by atoms with van der Waals surface area (Å²) in [6, 6.07) is 5.54. The highest BCUT2D eigenvalue weighted by Gasteiger charge is 2.03. The first-order chi connectivity index (χ1) is 8.61. The minimum absolute atomic E-state index is 0.0806. The summed E-state index contributed by atoms with van der Waals surface area (Å²) < 4.78 is 13.7. The fraction of sp³-hybridized carbons (Fsp3) is 0.600. The van der Waals surface area contributed by atoms with Crippen molar-refractivity contribution in [2.45, 2.75) is 33.7 Å². The van der Waals surface area contributed by atoms with Crippen molar-refractivity contribution in [1.82, 2.24) is 10.6 Å². The lowest BCUT2D eigenvalue weighted by Gasteiger charge is -2.09. The molecule has 0 saturated heterocycles. The quantitative estimate of drug-likeness (QED) is 0.695. The lowest BCUT2D eigenvalue weighted by molar-refractivity contribution is 0.525. The summed E-state index contributed by atoms with van der Waals surface area (Å²) in [6.07, 6.45) is 1.07. The van der Waals surface area contributed by atoms with Crippen LogP contribution in [0, 0.1) is 18.7 Å². The molecule has 0 fully saturated rings. The number of aryl methyl sites for hydroxylation is 1. The molecule has 1 rings (SSSR count). The Bertz CT molecular complexity index is 350. The van der Waals surface area contributed by atoms with E-state index in [2.05, 4.69) is 24.5 Å². The monoisotopic (exact) mass is 252 g/mol. The molecule has 18 heavy (non-hydrogen) atoms. The molecule has 0 saturated carbocycles. The molecule has 1 aromatic carbocycles. The number of benzene rings is 1. The molecule has 0 aliphatic carbocycles. The Morgan fingerprint density at radius 3 is 2.61 bits per heavy atom. The van der Waals surface area contributed by atoms with E-state index in [9.17, 15) is 4.39 Å². The predicted octanol–water partition coefficient (Wildman–Crippen LogP) is 2.86. The van der Waals surface area contributed by atoms with E-state index in [1.54, 1.807) is 13.0 Å². The van der Waals surface area contributed by atoms with Gasteiger partial charge in [0.2, 0.25) is 0 Å². The van der Waals surface area contributed by atoms with Crippen molar-refractivity contribution < 1.29 is 4.39 Å². The number of hydrogen-bond acceptors (Lipinski definition) is 2. The van der Waals surface area contributed by atoms with Gasteiger partial charge in [-0.1, -0.05) is 32.0 Å². The predicted molar refractivity (Wildman–Crippen MR) is 75.2 cm³/mol. The number of halogens is 1. The Morgan fingerprint density at radius 2 is 1.89 bits per heavy atom. The van der Waals surface area contributed by atoms with Gasteiger partial charge in [-0.2, -0.15) is 0 Å². The van der Waals surface area contributed by atoms with Gasteiger partial charge in [-0.25, -0.2) is 4.39 Å². The van der Waals surface area contributed by atoms with E-state index in [1.807, 2.05) is 12.1 Å². The van der Waals surface area contributed by atoms with Crippen molar-refractivity contribution in [3.8, 4) is 0 Å². The van der Waals surface area contributed by atoms with E-state index in [1.165, 1.54) is 0 Å². The minimum atomic E-state index is -0.0806. The number of rotatable bonds is 8. The largest absolute Gasteiger partial charge is 0.316 e. The summed E-state index contributed by atoms with van der Waals surface area (Å²) >= 11 is 0. The van der Waals surface area contributed by atoms with E-state index < -0.39 is 0 Å². The van der Waals surface area contributed by atoms with Crippen molar-refractivity contribution in [3.05, 3.63) is 35.1 Å². The second kappa shape index (κ2) is 8.22. The van der Waals surface area contributed by atoms with Crippen LogP contribution in [0.2, 0.25) is 0 Å². The van der Waals surface area contributed by atoms with Gasteiger partial charge in [0.25, 0.3) is 0 Å². The summed E-state index contributed by atoms with van der Waals surface area (Å²) in [7, 11) is 0. The molecular weight excluding hydrogens is 227 g/mol. The summed E-state index contributed by atoms with van der Waals surface area (Å²) in [4.78, 5) is 0. The van der Waals surface area contributed by atoms with Gasteiger partial charge < -0.3 is 10.6 Å². The summed E-state index contributed by atoms with van der Waals surface area (Å²) in [5.41, 5.74) is 1.47. The second-order valence-corrected chi connectivity index (χ2v) is 5.18.